The number of urea groups is 1. The van der Waals surface area contributed by atoms with E-state index in [0.717, 1.165) is 0 Å². The molecule has 0 radical (unpaired) electrons. The van der Waals surface area contributed by atoms with Gasteiger partial charge in [-0.1, -0.05) is 22.7 Å². The van der Waals surface area contributed by atoms with Crippen LogP contribution in [0, 0.1) is 0 Å². The maximum atomic E-state index is 12.8. The van der Waals surface area contributed by atoms with Gasteiger partial charge in [-0.05, 0) is 12.1 Å². The van der Waals surface area contributed by atoms with E-state index in [1.54, 1.807) is 6.07 Å². The normalized spacial score (nSPS) is 11.0. The number of amides is 2. The lowest BCUT2D eigenvalue weighted by molar-refractivity contribution is -0.0626. The highest BCUT2D eigenvalue weighted by molar-refractivity contribution is 7.89. The number of sulfonamides is 1. The number of hydrogen-bond acceptors (Lipinski definition) is 10. The largest absolute Gasteiger partial charge is 0.467 e. The Bertz CT molecular complexity index is 873. The second-order valence-electron chi connectivity index (χ2n) is 4.93. The minimum atomic E-state index is -4.32. The van der Waals surface area contributed by atoms with Crippen LogP contribution in [-0.4, -0.2) is 68.4 Å². The van der Waals surface area contributed by atoms with E-state index in [1.165, 1.54) is 45.6 Å². The number of hydroxylamine groups is 1. The molecule has 1 aromatic heterocycles. The lowest BCUT2D eigenvalue weighted by Crippen LogP contribution is -2.41. The molecule has 0 aliphatic carbocycles. The van der Waals surface area contributed by atoms with E-state index in [2.05, 4.69) is 20.3 Å². The topological polar surface area (TPSA) is 142 Å². The van der Waals surface area contributed by atoms with Gasteiger partial charge in [-0.2, -0.15) is 18.4 Å². The van der Waals surface area contributed by atoms with Crippen molar-refractivity contribution in [1.29, 1.82) is 0 Å². The molecule has 2 rings (SSSR count). The first kappa shape index (κ1) is 21.3. The highest BCUT2D eigenvalue weighted by Crippen LogP contribution is 2.18. The average molecular weight is 413 g/mol. The van der Waals surface area contributed by atoms with Gasteiger partial charge in [0.1, 0.15) is 0 Å². The summed E-state index contributed by atoms with van der Waals surface area (Å²) >= 11 is 0. The first-order chi connectivity index (χ1) is 13.4. The second-order valence-corrected chi connectivity index (χ2v) is 6.69. The van der Waals surface area contributed by atoms with Gasteiger partial charge in [0.2, 0.25) is 5.95 Å². The number of methoxy groups -OCH3 is 3. The van der Waals surface area contributed by atoms with Gasteiger partial charge in [-0.3, -0.25) is 10.2 Å². The number of anilines is 1. The Kier molecular flexibility index (Phi) is 7.43. The fourth-order valence-corrected chi connectivity index (χ4v) is 3.02. The summed E-state index contributed by atoms with van der Waals surface area (Å²) in [5, 5.41) is 2.21. The number of ether oxygens (including phenoxy) is 3. The molecule has 0 saturated heterocycles. The zero-order valence-electron chi connectivity index (χ0n) is 15.4. The van der Waals surface area contributed by atoms with Gasteiger partial charge < -0.3 is 14.2 Å². The molecule has 2 aromatic rings. The first-order valence-corrected chi connectivity index (χ1v) is 9.23. The first-order valence-electron chi connectivity index (χ1n) is 7.79. The zero-order chi connectivity index (χ0) is 20.6. The van der Waals surface area contributed by atoms with E-state index in [0.29, 0.717) is 0 Å². The molecule has 0 aliphatic heterocycles. The Labute approximate surface area is 161 Å². The lowest BCUT2D eigenvalue weighted by atomic mass is 10.4. The summed E-state index contributed by atoms with van der Waals surface area (Å²) in [4.78, 5) is 29.0. The molecule has 2 amide bonds. The zero-order valence-corrected chi connectivity index (χ0v) is 16.2. The maximum Gasteiger partial charge on any atom is 0.363 e. The van der Waals surface area contributed by atoms with E-state index in [4.69, 9.17) is 19.0 Å². The van der Waals surface area contributed by atoms with Crippen molar-refractivity contribution < 1.29 is 32.3 Å². The summed E-state index contributed by atoms with van der Waals surface area (Å²) in [5.74, 6) is -0.294. The van der Waals surface area contributed by atoms with Crippen molar-refractivity contribution in [3.63, 3.8) is 0 Å². The van der Waals surface area contributed by atoms with Crippen molar-refractivity contribution >= 4 is 22.0 Å². The van der Waals surface area contributed by atoms with Gasteiger partial charge in [-0.15, -0.1) is 4.98 Å². The fourth-order valence-electron chi connectivity index (χ4n) is 1.85. The van der Waals surface area contributed by atoms with Crippen LogP contribution in [0.4, 0.5) is 10.7 Å². The fraction of sp³-hybridized carbons (Fsp3) is 0.333. The van der Waals surface area contributed by atoms with Crippen LogP contribution in [0.25, 0.3) is 0 Å². The number of carbonyl (C=O) groups is 1. The van der Waals surface area contributed by atoms with Crippen LogP contribution in [-0.2, 0) is 19.6 Å². The van der Waals surface area contributed by atoms with E-state index >= 15 is 0 Å². The molecule has 1 N–H and O–H groups in total. The Morgan fingerprint density at radius 1 is 1.00 bits per heavy atom. The van der Waals surface area contributed by atoms with Gasteiger partial charge in [0, 0.05) is 7.11 Å². The Morgan fingerprint density at radius 3 is 2.14 bits per heavy atom. The quantitative estimate of drug-likeness (QED) is 0.461. The number of nitrogens with zero attached hydrogens (tertiary/aromatic N) is 4. The SMILES string of the molecule is COCCON(C(=O)Nc1nc(OC)nc(OC)n1)S(=O)(=O)c1ccccc1. The third kappa shape index (κ3) is 5.25. The van der Waals surface area contributed by atoms with Gasteiger partial charge >= 0.3 is 18.1 Å². The molecule has 0 fully saturated rings. The summed E-state index contributed by atoms with van der Waals surface area (Å²) in [6.07, 6.45) is 0. The van der Waals surface area contributed by atoms with Gasteiger partial charge in [0.25, 0.3) is 10.0 Å². The predicted molar refractivity (Wildman–Crippen MR) is 95.2 cm³/mol. The Morgan fingerprint density at radius 2 is 1.61 bits per heavy atom. The van der Waals surface area contributed by atoms with Crippen molar-refractivity contribution in [2.45, 2.75) is 4.90 Å². The standard InChI is InChI=1S/C15H19N5O7S/c1-24-9-10-27-20(28(22,23)11-7-5-4-6-8-11)15(21)18-12-16-13(25-2)19-14(17-12)26-3/h4-8H,9-10H2,1-3H3,(H,16,17,18,19,21). The van der Waals surface area contributed by atoms with Crippen molar-refractivity contribution in [3.05, 3.63) is 30.3 Å². The van der Waals surface area contributed by atoms with Crippen LogP contribution in [0.1, 0.15) is 0 Å². The Balaban J connectivity index is 2.32. The average Bonchev–Trinajstić information content (AvgIpc) is 2.71. The molecule has 1 heterocycles. The summed E-state index contributed by atoms with van der Waals surface area (Å²) in [6.45, 7) is -0.138. The number of rotatable bonds is 9. The van der Waals surface area contributed by atoms with Crippen molar-refractivity contribution in [2.24, 2.45) is 0 Å². The van der Waals surface area contributed by atoms with Crippen LogP contribution in [0.3, 0.4) is 0 Å². The molecular formula is C15H19N5O7S. The predicted octanol–water partition coefficient (Wildman–Crippen LogP) is 0.690. The molecule has 152 valence electrons. The van der Waals surface area contributed by atoms with Crippen molar-refractivity contribution in [3.8, 4) is 12.0 Å². The van der Waals surface area contributed by atoms with Crippen LogP contribution in [0.2, 0.25) is 0 Å². The highest BCUT2D eigenvalue weighted by atomic mass is 32.2. The summed E-state index contributed by atoms with van der Waals surface area (Å²) in [6, 6.07) is 5.88. The molecule has 0 atom stereocenters. The molecule has 12 nitrogen and oxygen atoms in total. The Hall–Kier alpha value is -3.03. The number of benzene rings is 1. The third-order valence-corrected chi connectivity index (χ3v) is 4.68. The number of carbonyl (C=O) groups excluding carboxylic acids is 1. The van der Waals surface area contributed by atoms with E-state index in [9.17, 15) is 13.2 Å². The summed E-state index contributed by atoms with van der Waals surface area (Å²) in [7, 11) is -0.305. The minimum Gasteiger partial charge on any atom is -0.467 e. The van der Waals surface area contributed by atoms with Gasteiger partial charge in [0.05, 0.1) is 32.3 Å². The third-order valence-electron chi connectivity index (χ3n) is 3.10. The van der Waals surface area contributed by atoms with Crippen LogP contribution < -0.4 is 14.8 Å². The maximum absolute atomic E-state index is 12.8. The monoisotopic (exact) mass is 413 g/mol. The molecule has 28 heavy (non-hydrogen) atoms. The molecule has 0 bridgehead atoms. The molecule has 0 saturated carbocycles. The van der Waals surface area contributed by atoms with Crippen LogP contribution in [0.15, 0.2) is 35.2 Å². The smallest absolute Gasteiger partial charge is 0.363 e. The van der Waals surface area contributed by atoms with Crippen LogP contribution in [0.5, 0.6) is 12.0 Å². The number of hydrogen-bond donors (Lipinski definition) is 1. The van der Waals surface area contributed by atoms with Crippen molar-refractivity contribution in [1.82, 2.24) is 19.4 Å². The molecule has 0 unspecified atom stereocenters. The lowest BCUT2D eigenvalue weighted by Gasteiger charge is -2.21. The van der Waals surface area contributed by atoms with E-state index < -0.39 is 16.1 Å². The van der Waals surface area contributed by atoms with Crippen LogP contribution >= 0.6 is 0 Å². The van der Waals surface area contributed by atoms with E-state index in [1.807, 2.05) is 0 Å². The molecule has 13 heteroatoms. The minimum absolute atomic E-state index is 0.0570. The summed E-state index contributed by atoms with van der Waals surface area (Å²) < 4.78 is 40.4. The number of aromatic nitrogens is 3. The molecular weight excluding hydrogens is 394 g/mol. The number of nitrogens with one attached hydrogen (secondary N) is 1. The molecule has 0 aliphatic rings. The van der Waals surface area contributed by atoms with Gasteiger partial charge in [0.15, 0.2) is 0 Å². The van der Waals surface area contributed by atoms with Crippen molar-refractivity contribution in [2.75, 3.05) is 39.9 Å². The highest BCUT2D eigenvalue weighted by Gasteiger charge is 2.31. The second kappa shape index (κ2) is 9.77. The van der Waals surface area contributed by atoms with E-state index in [-0.39, 0.29) is 40.5 Å². The molecule has 0 spiro atoms. The van der Waals surface area contributed by atoms with Gasteiger partial charge in [-0.25, -0.2) is 4.79 Å². The summed E-state index contributed by atoms with van der Waals surface area (Å²) in [5.41, 5.74) is 0. The molecule has 1 aromatic carbocycles.